The van der Waals surface area contributed by atoms with Gasteiger partial charge in [-0.05, 0) is 31.5 Å². The molecule has 0 saturated heterocycles. The van der Waals surface area contributed by atoms with Crippen LogP contribution in [0.4, 0.5) is 0 Å². The quantitative estimate of drug-likeness (QED) is 0.923. The van der Waals surface area contributed by atoms with Crippen molar-refractivity contribution in [2.75, 3.05) is 0 Å². The molecule has 0 unspecified atom stereocenters. The molecule has 3 nitrogen and oxygen atoms in total. The van der Waals surface area contributed by atoms with Crippen molar-refractivity contribution in [2.24, 2.45) is 0 Å². The van der Waals surface area contributed by atoms with Crippen molar-refractivity contribution in [1.82, 2.24) is 0 Å². The van der Waals surface area contributed by atoms with Crippen molar-refractivity contribution in [2.45, 2.75) is 26.4 Å². The molecule has 0 heterocycles. The van der Waals surface area contributed by atoms with E-state index in [9.17, 15) is 4.79 Å². The number of hydrogen-bond donors (Lipinski definition) is 1. The zero-order valence-electron chi connectivity index (χ0n) is 8.96. The molecule has 1 rings (SSSR count). The van der Waals surface area contributed by atoms with E-state index in [4.69, 9.17) is 21.4 Å². The highest BCUT2D eigenvalue weighted by atomic mass is 79.9. The largest absolute Gasteiger partial charge is 0.488 e. The van der Waals surface area contributed by atoms with E-state index >= 15 is 0 Å². The Hall–Kier alpha value is -0.740. The van der Waals surface area contributed by atoms with E-state index in [1.807, 2.05) is 13.0 Å². The lowest BCUT2D eigenvalue weighted by atomic mass is 10.2. The number of hydrogen-bond acceptors (Lipinski definition) is 2. The van der Waals surface area contributed by atoms with E-state index in [0.29, 0.717) is 10.8 Å². The first-order chi connectivity index (χ1) is 7.40. The maximum Gasteiger partial charge on any atom is 0.307 e. The lowest BCUT2D eigenvalue weighted by Crippen LogP contribution is -2.17. The van der Waals surface area contributed by atoms with Crippen molar-refractivity contribution < 1.29 is 14.6 Å². The molecule has 88 valence electrons. The van der Waals surface area contributed by atoms with Crippen molar-refractivity contribution in [3.8, 4) is 5.75 Å². The Labute approximate surface area is 107 Å². The number of ether oxygens (including phenoxy) is 1. The first-order valence-corrected chi connectivity index (χ1v) is 5.91. The second-order valence-corrected chi connectivity index (χ2v) is 4.88. The number of carboxylic acid groups (broad SMARTS) is 1. The molecular formula is C11H12BrClO3. The summed E-state index contributed by atoms with van der Waals surface area (Å²) in [6, 6.07) is 3.59. The molecule has 0 aliphatic heterocycles. The van der Waals surface area contributed by atoms with E-state index in [-0.39, 0.29) is 6.42 Å². The van der Waals surface area contributed by atoms with Gasteiger partial charge in [0, 0.05) is 4.47 Å². The highest BCUT2D eigenvalue weighted by molar-refractivity contribution is 9.10. The summed E-state index contributed by atoms with van der Waals surface area (Å²) in [5, 5.41) is 9.10. The highest BCUT2D eigenvalue weighted by Gasteiger charge is 2.13. The maximum atomic E-state index is 10.5. The smallest absolute Gasteiger partial charge is 0.307 e. The van der Waals surface area contributed by atoms with Gasteiger partial charge in [0.15, 0.2) is 0 Å². The molecule has 0 aliphatic carbocycles. The number of benzene rings is 1. The number of rotatable bonds is 4. The van der Waals surface area contributed by atoms with E-state index in [1.165, 1.54) is 0 Å². The van der Waals surface area contributed by atoms with Crippen LogP contribution < -0.4 is 4.74 Å². The summed E-state index contributed by atoms with van der Waals surface area (Å²) >= 11 is 9.33. The molecular weight excluding hydrogens is 295 g/mol. The summed E-state index contributed by atoms with van der Waals surface area (Å²) < 4.78 is 6.38. The third-order valence-corrected chi connectivity index (χ3v) is 2.71. The summed E-state index contributed by atoms with van der Waals surface area (Å²) in [6.45, 7) is 3.56. The van der Waals surface area contributed by atoms with Crippen LogP contribution in [0, 0.1) is 6.92 Å². The molecule has 1 aromatic carbocycles. The van der Waals surface area contributed by atoms with E-state index in [1.54, 1.807) is 13.0 Å². The van der Waals surface area contributed by atoms with Crippen molar-refractivity contribution in [3.63, 3.8) is 0 Å². The molecule has 0 amide bonds. The van der Waals surface area contributed by atoms with Gasteiger partial charge in [-0.2, -0.15) is 0 Å². The highest BCUT2D eigenvalue weighted by Crippen LogP contribution is 2.32. The summed E-state index contributed by atoms with van der Waals surface area (Å²) in [6.07, 6.45) is -0.457. The predicted molar refractivity (Wildman–Crippen MR) is 66.2 cm³/mol. The monoisotopic (exact) mass is 306 g/mol. The molecule has 0 aliphatic rings. The Morgan fingerprint density at radius 2 is 2.25 bits per heavy atom. The minimum absolute atomic E-state index is 0.0498. The minimum atomic E-state index is -0.890. The molecule has 0 bridgehead atoms. The standard InChI is InChI=1S/C11H12BrClO3/c1-6-3-8(12)5-9(13)11(6)16-7(2)4-10(14)15/h3,5,7H,4H2,1-2H3,(H,14,15)/t7-/m0/s1. The first kappa shape index (κ1) is 13.3. The molecule has 0 saturated carbocycles. The normalized spacial score (nSPS) is 12.2. The van der Waals surface area contributed by atoms with E-state index < -0.39 is 12.1 Å². The van der Waals surface area contributed by atoms with Crippen LogP contribution >= 0.6 is 27.5 Å². The third-order valence-electron chi connectivity index (χ3n) is 1.98. The van der Waals surface area contributed by atoms with Gasteiger partial charge in [-0.25, -0.2) is 0 Å². The first-order valence-electron chi connectivity index (χ1n) is 4.74. The van der Waals surface area contributed by atoms with Gasteiger partial charge in [-0.3, -0.25) is 4.79 Å². The second kappa shape index (κ2) is 5.55. The average Bonchev–Trinajstić information content (AvgIpc) is 2.09. The Balaban J connectivity index is 2.85. The zero-order valence-corrected chi connectivity index (χ0v) is 11.3. The van der Waals surface area contributed by atoms with Crippen molar-refractivity contribution >= 4 is 33.5 Å². The van der Waals surface area contributed by atoms with Gasteiger partial charge in [0.25, 0.3) is 0 Å². The maximum absolute atomic E-state index is 10.5. The van der Waals surface area contributed by atoms with Crippen LogP contribution in [-0.2, 0) is 4.79 Å². The van der Waals surface area contributed by atoms with Gasteiger partial charge in [-0.1, -0.05) is 27.5 Å². The molecule has 0 spiro atoms. The molecule has 0 radical (unpaired) electrons. The van der Waals surface area contributed by atoms with Gasteiger partial charge in [0.05, 0.1) is 11.4 Å². The fourth-order valence-electron chi connectivity index (χ4n) is 1.33. The number of carbonyl (C=O) groups is 1. The lowest BCUT2D eigenvalue weighted by molar-refractivity contribution is -0.138. The second-order valence-electron chi connectivity index (χ2n) is 3.56. The number of aryl methyl sites for hydroxylation is 1. The minimum Gasteiger partial charge on any atom is -0.488 e. The number of halogens is 2. The SMILES string of the molecule is Cc1cc(Br)cc(Cl)c1O[C@@H](C)CC(=O)O. The molecule has 1 N–H and O–H groups in total. The van der Waals surface area contributed by atoms with Crippen LogP contribution in [0.1, 0.15) is 18.9 Å². The number of aliphatic carboxylic acids is 1. The Morgan fingerprint density at radius 1 is 1.62 bits per heavy atom. The van der Waals surface area contributed by atoms with E-state index in [0.717, 1.165) is 10.0 Å². The van der Waals surface area contributed by atoms with Crippen LogP contribution in [0.15, 0.2) is 16.6 Å². The third kappa shape index (κ3) is 3.68. The van der Waals surface area contributed by atoms with Gasteiger partial charge >= 0.3 is 5.97 Å². The van der Waals surface area contributed by atoms with E-state index in [2.05, 4.69) is 15.9 Å². The molecule has 5 heteroatoms. The van der Waals surface area contributed by atoms with Crippen molar-refractivity contribution in [1.29, 1.82) is 0 Å². The number of carboxylic acids is 1. The van der Waals surface area contributed by atoms with Gasteiger partial charge in [0.2, 0.25) is 0 Å². The molecule has 0 aromatic heterocycles. The summed E-state index contributed by atoms with van der Waals surface area (Å²) in [5.74, 6) is -0.350. The topological polar surface area (TPSA) is 46.5 Å². The summed E-state index contributed by atoms with van der Waals surface area (Å²) in [4.78, 5) is 10.5. The molecule has 0 fully saturated rings. The molecule has 16 heavy (non-hydrogen) atoms. The van der Waals surface area contributed by atoms with Crippen molar-refractivity contribution in [3.05, 3.63) is 27.2 Å². The fraction of sp³-hybridized carbons (Fsp3) is 0.364. The molecule has 1 aromatic rings. The summed E-state index contributed by atoms with van der Waals surface area (Å²) in [5.41, 5.74) is 0.872. The van der Waals surface area contributed by atoms with Gasteiger partial charge < -0.3 is 9.84 Å². The van der Waals surface area contributed by atoms with Crippen LogP contribution in [0.2, 0.25) is 5.02 Å². The van der Waals surface area contributed by atoms with Crippen LogP contribution in [0.25, 0.3) is 0 Å². The summed E-state index contributed by atoms with van der Waals surface area (Å²) in [7, 11) is 0. The fourth-order valence-corrected chi connectivity index (χ4v) is 2.34. The lowest BCUT2D eigenvalue weighted by Gasteiger charge is -2.16. The van der Waals surface area contributed by atoms with Gasteiger partial charge in [0.1, 0.15) is 11.9 Å². The Bertz CT molecular complexity index is 383. The zero-order chi connectivity index (χ0) is 12.3. The Morgan fingerprint density at radius 3 is 2.75 bits per heavy atom. The van der Waals surface area contributed by atoms with Crippen LogP contribution in [-0.4, -0.2) is 17.2 Å². The average molecular weight is 308 g/mol. The van der Waals surface area contributed by atoms with Crippen LogP contribution in [0.3, 0.4) is 0 Å². The Kier molecular flexibility index (Phi) is 4.62. The van der Waals surface area contributed by atoms with Gasteiger partial charge in [-0.15, -0.1) is 0 Å². The van der Waals surface area contributed by atoms with Crippen LogP contribution in [0.5, 0.6) is 5.75 Å². The predicted octanol–water partition coefficient (Wildman–Crippen LogP) is 3.65. The molecule has 1 atom stereocenters.